The second kappa shape index (κ2) is 3.93. The first-order chi connectivity index (χ1) is 9.33. The highest BCUT2D eigenvalue weighted by molar-refractivity contribution is 5.78. The number of nitrogens with zero attached hydrogens (tertiary/aromatic N) is 1. The molecule has 0 radical (unpaired) electrons. The molecule has 1 aliphatic rings. The van der Waals surface area contributed by atoms with Crippen molar-refractivity contribution in [3.8, 4) is 0 Å². The largest absolute Gasteiger partial charge is 0.456 e. The van der Waals surface area contributed by atoms with Crippen molar-refractivity contribution in [1.82, 2.24) is 15.3 Å². The van der Waals surface area contributed by atoms with Crippen LogP contribution < -0.4 is 5.32 Å². The lowest BCUT2D eigenvalue weighted by atomic mass is 10.0. The SMILES string of the molecule is Fc1cccc2cc([C@H]3NCCc4[nH]cnc43)oc12. The number of hydrogen-bond acceptors (Lipinski definition) is 3. The molecular formula is C14H12FN3O. The van der Waals surface area contributed by atoms with Crippen LogP contribution in [0.2, 0.25) is 0 Å². The summed E-state index contributed by atoms with van der Waals surface area (Å²) < 4.78 is 19.3. The maximum absolute atomic E-state index is 13.7. The molecule has 1 atom stereocenters. The minimum atomic E-state index is -0.332. The lowest BCUT2D eigenvalue weighted by molar-refractivity contribution is 0.441. The van der Waals surface area contributed by atoms with Crippen molar-refractivity contribution in [2.75, 3.05) is 6.54 Å². The van der Waals surface area contributed by atoms with Crippen LogP contribution in [-0.4, -0.2) is 16.5 Å². The third-order valence-corrected chi connectivity index (χ3v) is 3.55. The smallest absolute Gasteiger partial charge is 0.169 e. The van der Waals surface area contributed by atoms with Crippen LogP contribution in [0.4, 0.5) is 4.39 Å². The van der Waals surface area contributed by atoms with Gasteiger partial charge in [-0.2, -0.15) is 0 Å². The standard InChI is InChI=1S/C14H12FN3O/c15-9-3-1-2-8-6-11(19-14(8)9)13-12-10(4-5-16-13)17-7-18-12/h1-3,6-7,13,16H,4-5H2,(H,17,18)/t13-/m1/s1. The van der Waals surface area contributed by atoms with Crippen LogP contribution >= 0.6 is 0 Å². The molecule has 2 N–H and O–H groups in total. The fraction of sp³-hybridized carbons (Fsp3) is 0.214. The Morgan fingerprint density at radius 3 is 3.21 bits per heavy atom. The Morgan fingerprint density at radius 1 is 1.37 bits per heavy atom. The molecule has 0 spiro atoms. The Balaban J connectivity index is 1.86. The summed E-state index contributed by atoms with van der Waals surface area (Å²) in [5.41, 5.74) is 2.36. The van der Waals surface area contributed by atoms with Crippen LogP contribution in [0.25, 0.3) is 11.0 Å². The van der Waals surface area contributed by atoms with Gasteiger partial charge in [0.1, 0.15) is 11.8 Å². The highest BCUT2D eigenvalue weighted by Crippen LogP contribution is 2.31. The molecule has 4 nitrogen and oxygen atoms in total. The van der Waals surface area contributed by atoms with E-state index in [-0.39, 0.29) is 11.9 Å². The van der Waals surface area contributed by atoms with Crippen molar-refractivity contribution in [1.29, 1.82) is 0 Å². The van der Waals surface area contributed by atoms with E-state index < -0.39 is 0 Å². The Bertz CT molecular complexity index is 746. The van der Waals surface area contributed by atoms with Gasteiger partial charge in [-0.15, -0.1) is 0 Å². The van der Waals surface area contributed by atoms with Gasteiger partial charge >= 0.3 is 0 Å². The van der Waals surface area contributed by atoms with E-state index in [1.165, 1.54) is 6.07 Å². The van der Waals surface area contributed by atoms with E-state index >= 15 is 0 Å². The van der Waals surface area contributed by atoms with Crippen LogP contribution in [-0.2, 0) is 6.42 Å². The summed E-state index contributed by atoms with van der Waals surface area (Å²) in [5.74, 6) is 0.370. The van der Waals surface area contributed by atoms with E-state index in [0.717, 1.165) is 29.7 Å². The molecular weight excluding hydrogens is 245 g/mol. The minimum absolute atomic E-state index is 0.109. The molecule has 2 aromatic heterocycles. The summed E-state index contributed by atoms with van der Waals surface area (Å²) in [5, 5.41) is 4.14. The molecule has 4 rings (SSSR count). The maximum atomic E-state index is 13.7. The number of aromatic amines is 1. The fourth-order valence-corrected chi connectivity index (χ4v) is 2.64. The molecule has 19 heavy (non-hydrogen) atoms. The average Bonchev–Trinajstić information content (AvgIpc) is 3.05. The fourth-order valence-electron chi connectivity index (χ4n) is 2.64. The highest BCUT2D eigenvalue weighted by Gasteiger charge is 2.26. The molecule has 3 heterocycles. The van der Waals surface area contributed by atoms with Crippen molar-refractivity contribution >= 4 is 11.0 Å². The second-order valence-corrected chi connectivity index (χ2v) is 4.71. The van der Waals surface area contributed by atoms with E-state index in [4.69, 9.17) is 4.42 Å². The molecule has 0 unspecified atom stereocenters. The van der Waals surface area contributed by atoms with Crippen LogP contribution in [0.1, 0.15) is 23.2 Å². The third kappa shape index (κ3) is 1.58. The van der Waals surface area contributed by atoms with Gasteiger partial charge in [-0.3, -0.25) is 0 Å². The summed E-state index contributed by atoms with van der Waals surface area (Å²) in [6.07, 6.45) is 2.61. The van der Waals surface area contributed by atoms with Crippen LogP contribution in [0.5, 0.6) is 0 Å². The normalized spacial score (nSPS) is 18.7. The van der Waals surface area contributed by atoms with E-state index in [0.29, 0.717) is 11.3 Å². The van der Waals surface area contributed by atoms with Gasteiger partial charge in [-0.1, -0.05) is 12.1 Å². The minimum Gasteiger partial charge on any atom is -0.456 e. The van der Waals surface area contributed by atoms with Crippen LogP contribution in [0.3, 0.4) is 0 Å². The van der Waals surface area contributed by atoms with Crippen LogP contribution in [0, 0.1) is 5.82 Å². The zero-order chi connectivity index (χ0) is 12.8. The maximum Gasteiger partial charge on any atom is 0.169 e. The van der Waals surface area contributed by atoms with Gasteiger partial charge in [0.2, 0.25) is 0 Å². The van der Waals surface area contributed by atoms with Gasteiger partial charge in [0.25, 0.3) is 0 Å². The number of hydrogen-bond donors (Lipinski definition) is 2. The summed E-state index contributed by atoms with van der Waals surface area (Å²) in [7, 11) is 0. The third-order valence-electron chi connectivity index (χ3n) is 3.55. The number of benzene rings is 1. The topological polar surface area (TPSA) is 53.9 Å². The molecule has 0 aliphatic carbocycles. The zero-order valence-electron chi connectivity index (χ0n) is 10.1. The Morgan fingerprint density at radius 2 is 2.32 bits per heavy atom. The van der Waals surface area contributed by atoms with Crippen molar-refractivity contribution in [3.05, 3.63) is 53.6 Å². The first kappa shape index (κ1) is 10.8. The van der Waals surface area contributed by atoms with Crippen molar-refractivity contribution in [3.63, 3.8) is 0 Å². The average molecular weight is 257 g/mol. The van der Waals surface area contributed by atoms with E-state index in [1.54, 1.807) is 12.4 Å². The Hall–Kier alpha value is -2.14. The van der Waals surface area contributed by atoms with E-state index in [9.17, 15) is 4.39 Å². The van der Waals surface area contributed by atoms with E-state index in [1.807, 2.05) is 12.1 Å². The van der Waals surface area contributed by atoms with E-state index in [2.05, 4.69) is 15.3 Å². The van der Waals surface area contributed by atoms with Gasteiger partial charge < -0.3 is 14.7 Å². The van der Waals surface area contributed by atoms with Crippen molar-refractivity contribution < 1.29 is 8.81 Å². The molecule has 1 aliphatic heterocycles. The Kier molecular flexibility index (Phi) is 2.22. The lowest BCUT2D eigenvalue weighted by Gasteiger charge is -2.20. The first-order valence-corrected chi connectivity index (χ1v) is 6.26. The van der Waals surface area contributed by atoms with Gasteiger partial charge in [-0.25, -0.2) is 9.37 Å². The predicted molar refractivity (Wildman–Crippen MR) is 68.3 cm³/mol. The number of imidazole rings is 1. The molecule has 3 aromatic rings. The molecule has 0 bridgehead atoms. The number of H-pyrrole nitrogens is 1. The number of furan rings is 1. The summed E-state index contributed by atoms with van der Waals surface area (Å²) in [4.78, 5) is 7.47. The Labute approximate surface area is 108 Å². The lowest BCUT2D eigenvalue weighted by Crippen LogP contribution is -2.30. The quantitative estimate of drug-likeness (QED) is 0.704. The summed E-state index contributed by atoms with van der Waals surface area (Å²) >= 11 is 0. The van der Waals surface area contributed by atoms with Gasteiger partial charge in [0.15, 0.2) is 11.4 Å². The molecule has 0 saturated heterocycles. The second-order valence-electron chi connectivity index (χ2n) is 4.71. The molecule has 0 fully saturated rings. The predicted octanol–water partition coefficient (Wildman–Crippen LogP) is 2.53. The van der Waals surface area contributed by atoms with Gasteiger partial charge in [0.05, 0.1) is 12.0 Å². The van der Waals surface area contributed by atoms with Crippen molar-refractivity contribution in [2.24, 2.45) is 0 Å². The molecule has 1 aromatic carbocycles. The monoisotopic (exact) mass is 257 g/mol. The number of para-hydroxylation sites is 1. The number of aromatic nitrogens is 2. The van der Waals surface area contributed by atoms with Gasteiger partial charge in [-0.05, 0) is 12.1 Å². The van der Waals surface area contributed by atoms with Gasteiger partial charge in [0, 0.05) is 24.0 Å². The number of nitrogens with one attached hydrogen (secondary N) is 2. The zero-order valence-corrected chi connectivity index (χ0v) is 10.1. The summed E-state index contributed by atoms with van der Waals surface area (Å²) in [6, 6.07) is 6.70. The summed E-state index contributed by atoms with van der Waals surface area (Å²) in [6.45, 7) is 0.847. The highest BCUT2D eigenvalue weighted by atomic mass is 19.1. The number of rotatable bonds is 1. The van der Waals surface area contributed by atoms with Crippen LogP contribution in [0.15, 0.2) is 35.0 Å². The molecule has 5 heteroatoms. The number of halogens is 1. The number of fused-ring (bicyclic) bond motifs is 2. The first-order valence-electron chi connectivity index (χ1n) is 6.26. The molecule has 0 amide bonds. The molecule has 0 saturated carbocycles. The van der Waals surface area contributed by atoms with Crippen molar-refractivity contribution in [2.45, 2.75) is 12.5 Å². The molecule has 96 valence electrons.